The van der Waals surface area contributed by atoms with E-state index in [0.29, 0.717) is 17.7 Å². The Hall–Kier alpha value is -2.37. The van der Waals surface area contributed by atoms with E-state index in [-0.39, 0.29) is 22.3 Å². The Morgan fingerprint density at radius 3 is 2.22 bits per heavy atom. The van der Waals surface area contributed by atoms with Crippen LogP contribution in [0.3, 0.4) is 0 Å². The minimum Gasteiger partial charge on any atom is -0.468 e. The van der Waals surface area contributed by atoms with Crippen molar-refractivity contribution >= 4 is 11.9 Å². The summed E-state index contributed by atoms with van der Waals surface area (Å²) in [6.07, 6.45) is 1.95. The molecule has 0 N–H and O–H groups in total. The number of rotatable bonds is 5. The van der Waals surface area contributed by atoms with E-state index in [1.165, 1.54) is 20.3 Å². The van der Waals surface area contributed by atoms with Crippen molar-refractivity contribution in [3.63, 3.8) is 0 Å². The first-order valence-corrected chi connectivity index (χ1v) is 7.29. The maximum Gasteiger partial charge on any atom is 0.334 e. The van der Waals surface area contributed by atoms with Gasteiger partial charge in [-0.3, -0.25) is 9.59 Å². The number of hydrogen-bond acceptors (Lipinski definition) is 6. The van der Waals surface area contributed by atoms with Gasteiger partial charge >= 0.3 is 11.9 Å². The second kappa shape index (κ2) is 7.76. The number of esters is 2. The number of ether oxygens (including phenoxy) is 2. The van der Waals surface area contributed by atoms with Crippen molar-refractivity contribution in [1.29, 1.82) is 0 Å². The zero-order chi connectivity index (χ0) is 17.7. The first kappa shape index (κ1) is 18.7. The molecule has 1 unspecified atom stereocenters. The molecule has 0 saturated heterocycles. The van der Waals surface area contributed by atoms with E-state index in [4.69, 9.17) is 13.9 Å². The Bertz CT molecular complexity index is 696. The van der Waals surface area contributed by atoms with E-state index in [1.807, 2.05) is 6.92 Å². The molecule has 1 aromatic heterocycles. The van der Waals surface area contributed by atoms with Gasteiger partial charge in [0.2, 0.25) is 0 Å². The summed E-state index contributed by atoms with van der Waals surface area (Å²) in [4.78, 5) is 36.6. The van der Waals surface area contributed by atoms with Crippen LogP contribution in [0.2, 0.25) is 0 Å². The van der Waals surface area contributed by atoms with Gasteiger partial charge in [-0.15, -0.1) is 0 Å². The van der Waals surface area contributed by atoms with Crippen LogP contribution < -0.4 is 5.43 Å². The van der Waals surface area contributed by atoms with Gasteiger partial charge < -0.3 is 13.9 Å². The first-order valence-electron chi connectivity index (χ1n) is 7.29. The quantitative estimate of drug-likeness (QED) is 0.610. The second-order valence-corrected chi connectivity index (χ2v) is 5.01. The molecule has 0 radical (unpaired) electrons. The van der Waals surface area contributed by atoms with E-state index in [2.05, 4.69) is 0 Å². The minimum atomic E-state index is -1.14. The average Bonchev–Trinajstić information content (AvgIpc) is 2.57. The van der Waals surface area contributed by atoms with Gasteiger partial charge in [-0.25, -0.2) is 4.79 Å². The maximum atomic E-state index is 12.4. The number of aryl methyl sites for hydroxylation is 1. The Morgan fingerprint density at radius 1 is 1.17 bits per heavy atom. The largest absolute Gasteiger partial charge is 0.468 e. The van der Waals surface area contributed by atoms with Crippen molar-refractivity contribution in [1.82, 2.24) is 0 Å². The minimum absolute atomic E-state index is 0.0662. The molecule has 0 fully saturated rings. The lowest BCUT2D eigenvalue weighted by Crippen LogP contribution is -2.26. The molecule has 1 rings (SSSR count). The molecule has 0 amide bonds. The monoisotopic (exact) mass is 322 g/mol. The van der Waals surface area contributed by atoms with Crippen molar-refractivity contribution in [2.24, 2.45) is 0 Å². The molecule has 0 spiro atoms. The lowest BCUT2D eigenvalue weighted by molar-refractivity contribution is -0.145. The van der Waals surface area contributed by atoms with Gasteiger partial charge in [0.1, 0.15) is 17.4 Å². The summed E-state index contributed by atoms with van der Waals surface area (Å²) in [5.74, 6) is -1.92. The van der Waals surface area contributed by atoms with Crippen LogP contribution in [-0.2, 0) is 25.5 Å². The number of carbonyl (C=O) groups excluding carboxylic acids is 2. The third kappa shape index (κ3) is 3.52. The highest BCUT2D eigenvalue weighted by atomic mass is 16.5. The van der Waals surface area contributed by atoms with E-state index >= 15 is 0 Å². The molecule has 1 atom stereocenters. The molecular formula is C17H22O6. The van der Waals surface area contributed by atoms with Crippen LogP contribution in [0.1, 0.15) is 42.4 Å². The van der Waals surface area contributed by atoms with E-state index in [1.54, 1.807) is 20.8 Å². The summed E-state index contributed by atoms with van der Waals surface area (Å²) in [7, 11) is 2.43. The van der Waals surface area contributed by atoms with E-state index < -0.39 is 17.9 Å². The fourth-order valence-electron chi connectivity index (χ4n) is 2.43. The predicted molar refractivity (Wildman–Crippen MR) is 84.4 cm³/mol. The van der Waals surface area contributed by atoms with Crippen molar-refractivity contribution in [2.75, 3.05) is 14.2 Å². The molecule has 0 aliphatic carbocycles. The van der Waals surface area contributed by atoms with Crippen LogP contribution in [0, 0.1) is 13.8 Å². The zero-order valence-electron chi connectivity index (χ0n) is 14.3. The summed E-state index contributed by atoms with van der Waals surface area (Å²) < 4.78 is 15.3. The van der Waals surface area contributed by atoms with Crippen LogP contribution in [-0.4, -0.2) is 26.2 Å². The molecular weight excluding hydrogens is 300 g/mol. The molecule has 0 aliphatic rings. The third-order valence-corrected chi connectivity index (χ3v) is 3.77. The molecule has 0 saturated carbocycles. The average molecular weight is 322 g/mol. The summed E-state index contributed by atoms with van der Waals surface area (Å²) >= 11 is 0. The van der Waals surface area contributed by atoms with Gasteiger partial charge in [0.15, 0.2) is 5.43 Å². The van der Waals surface area contributed by atoms with Gasteiger partial charge in [-0.1, -0.05) is 13.0 Å². The topological polar surface area (TPSA) is 82.8 Å². The summed E-state index contributed by atoms with van der Waals surface area (Å²) in [5.41, 5.74) is 0.629. The van der Waals surface area contributed by atoms with Crippen LogP contribution in [0.15, 0.2) is 20.9 Å². The van der Waals surface area contributed by atoms with Crippen LogP contribution >= 0.6 is 0 Å². The number of methoxy groups -OCH3 is 2. The highest BCUT2D eigenvalue weighted by molar-refractivity contribution is 5.98. The molecule has 6 heteroatoms. The molecule has 0 bridgehead atoms. The molecule has 6 nitrogen and oxygen atoms in total. The van der Waals surface area contributed by atoms with Crippen molar-refractivity contribution in [3.05, 3.63) is 44.5 Å². The van der Waals surface area contributed by atoms with Crippen LogP contribution in [0.5, 0.6) is 0 Å². The number of carbonyl (C=O) groups is 2. The molecule has 0 aromatic carbocycles. The van der Waals surface area contributed by atoms with Gasteiger partial charge in [-0.05, 0) is 20.8 Å². The Kier molecular flexibility index (Phi) is 6.30. The highest BCUT2D eigenvalue weighted by Crippen LogP contribution is 2.30. The molecule has 23 heavy (non-hydrogen) atoms. The summed E-state index contributed by atoms with van der Waals surface area (Å²) in [6.45, 7) is 6.68. The van der Waals surface area contributed by atoms with Gasteiger partial charge in [0, 0.05) is 17.5 Å². The number of hydrogen-bond donors (Lipinski definition) is 0. The van der Waals surface area contributed by atoms with Gasteiger partial charge in [0.25, 0.3) is 0 Å². The summed E-state index contributed by atoms with van der Waals surface area (Å²) in [5, 5.41) is 0. The smallest absolute Gasteiger partial charge is 0.334 e. The van der Waals surface area contributed by atoms with Crippen molar-refractivity contribution < 1.29 is 23.5 Å². The van der Waals surface area contributed by atoms with Crippen LogP contribution in [0.25, 0.3) is 0 Å². The van der Waals surface area contributed by atoms with Gasteiger partial charge in [0.05, 0.1) is 19.8 Å². The SMILES string of the molecule is C/C=C(\C(=O)OC)C(C(=O)OC)c1oc(CC)c(C)c(=O)c1C. The Morgan fingerprint density at radius 2 is 1.78 bits per heavy atom. The Labute approximate surface area is 135 Å². The lowest BCUT2D eigenvalue weighted by Gasteiger charge is -2.19. The molecule has 1 heterocycles. The zero-order valence-corrected chi connectivity index (χ0v) is 14.3. The van der Waals surface area contributed by atoms with Crippen LogP contribution in [0.4, 0.5) is 0 Å². The van der Waals surface area contributed by atoms with E-state index in [9.17, 15) is 14.4 Å². The summed E-state index contributed by atoms with van der Waals surface area (Å²) in [6, 6.07) is 0. The van der Waals surface area contributed by atoms with Crippen molar-refractivity contribution in [2.45, 2.75) is 40.0 Å². The standard InChI is InChI=1S/C17H22O6/c1-7-11(16(19)21-5)13(17(20)22-6)15-10(4)14(18)9(3)12(8-2)23-15/h7,13H,8H2,1-6H3/b11-7-. The number of allylic oxidation sites excluding steroid dienone is 1. The predicted octanol–water partition coefficient (Wildman–Crippen LogP) is 2.19. The normalized spacial score (nSPS) is 12.7. The maximum absolute atomic E-state index is 12.4. The second-order valence-electron chi connectivity index (χ2n) is 5.01. The van der Waals surface area contributed by atoms with Crippen molar-refractivity contribution in [3.8, 4) is 0 Å². The molecule has 0 aliphatic heterocycles. The fraction of sp³-hybridized carbons (Fsp3) is 0.471. The Balaban J connectivity index is 3.70. The fourth-order valence-corrected chi connectivity index (χ4v) is 2.43. The van der Waals surface area contributed by atoms with E-state index in [0.717, 1.165) is 0 Å². The van der Waals surface area contributed by atoms with Gasteiger partial charge in [-0.2, -0.15) is 0 Å². The first-order chi connectivity index (χ1) is 10.8. The molecule has 1 aromatic rings. The third-order valence-electron chi connectivity index (χ3n) is 3.77. The molecule has 126 valence electrons. The highest BCUT2D eigenvalue weighted by Gasteiger charge is 2.35. The lowest BCUT2D eigenvalue weighted by atomic mass is 9.92.